The lowest BCUT2D eigenvalue weighted by Crippen LogP contribution is -2.49. The van der Waals surface area contributed by atoms with Crippen LogP contribution in [-0.2, 0) is 0 Å². The molecule has 2 aliphatic rings. The summed E-state index contributed by atoms with van der Waals surface area (Å²) in [5.41, 5.74) is 0.859. The molecule has 1 saturated carbocycles. The van der Waals surface area contributed by atoms with Crippen molar-refractivity contribution in [2.45, 2.75) is 44.6 Å². The molecule has 1 aromatic rings. The molecule has 0 radical (unpaired) electrons. The molecule has 0 bridgehead atoms. The van der Waals surface area contributed by atoms with E-state index in [-0.39, 0.29) is 5.91 Å². The summed E-state index contributed by atoms with van der Waals surface area (Å²) >= 11 is 2.28. The lowest BCUT2D eigenvalue weighted by molar-refractivity contribution is 0.0390. The van der Waals surface area contributed by atoms with Gasteiger partial charge in [0.2, 0.25) is 0 Å². The van der Waals surface area contributed by atoms with Crippen molar-refractivity contribution in [3.8, 4) is 0 Å². The van der Waals surface area contributed by atoms with Crippen LogP contribution in [0.25, 0.3) is 0 Å². The molecule has 1 aliphatic heterocycles. The van der Waals surface area contributed by atoms with Crippen LogP contribution in [0.5, 0.6) is 0 Å². The van der Waals surface area contributed by atoms with Crippen molar-refractivity contribution in [1.82, 2.24) is 4.90 Å². The van der Waals surface area contributed by atoms with E-state index in [9.17, 15) is 4.79 Å². The Bertz CT molecular complexity index is 472. The Labute approximate surface area is 128 Å². The SMILES string of the molecule is O=C(c1cccc(I)c1)N1CCCC2CCCCC21. The molecule has 2 nitrogen and oxygen atoms in total. The summed E-state index contributed by atoms with van der Waals surface area (Å²) in [6.45, 7) is 0.950. The summed E-state index contributed by atoms with van der Waals surface area (Å²) in [5.74, 6) is 1.00. The van der Waals surface area contributed by atoms with Gasteiger partial charge >= 0.3 is 0 Å². The summed E-state index contributed by atoms with van der Waals surface area (Å²) < 4.78 is 1.14. The van der Waals surface area contributed by atoms with E-state index < -0.39 is 0 Å². The van der Waals surface area contributed by atoms with Crippen molar-refractivity contribution in [2.24, 2.45) is 5.92 Å². The highest BCUT2D eigenvalue weighted by molar-refractivity contribution is 14.1. The van der Waals surface area contributed by atoms with Crippen LogP contribution in [0.3, 0.4) is 0 Å². The van der Waals surface area contributed by atoms with Crippen molar-refractivity contribution in [1.29, 1.82) is 0 Å². The number of carbonyl (C=O) groups excluding carboxylic acids is 1. The normalized spacial score (nSPS) is 26.9. The van der Waals surface area contributed by atoms with E-state index in [4.69, 9.17) is 0 Å². The molecule has 0 aromatic heterocycles. The van der Waals surface area contributed by atoms with Gasteiger partial charge in [-0.15, -0.1) is 0 Å². The highest BCUT2D eigenvalue weighted by Crippen LogP contribution is 2.35. The molecule has 19 heavy (non-hydrogen) atoms. The largest absolute Gasteiger partial charge is 0.335 e. The summed E-state index contributed by atoms with van der Waals surface area (Å²) in [5, 5.41) is 0. The zero-order valence-electron chi connectivity index (χ0n) is 11.1. The van der Waals surface area contributed by atoms with Crippen molar-refractivity contribution in [3.63, 3.8) is 0 Å². The van der Waals surface area contributed by atoms with Crippen molar-refractivity contribution in [3.05, 3.63) is 33.4 Å². The van der Waals surface area contributed by atoms with E-state index in [1.54, 1.807) is 0 Å². The quantitative estimate of drug-likeness (QED) is 0.683. The van der Waals surface area contributed by atoms with Crippen LogP contribution in [0.2, 0.25) is 0 Å². The first-order valence-corrected chi connectivity index (χ1v) is 8.40. The maximum atomic E-state index is 12.7. The molecule has 102 valence electrons. The molecule has 1 amide bonds. The van der Waals surface area contributed by atoms with Crippen molar-refractivity contribution >= 4 is 28.5 Å². The lowest BCUT2D eigenvalue weighted by Gasteiger charge is -2.44. The van der Waals surface area contributed by atoms with E-state index in [0.29, 0.717) is 6.04 Å². The molecule has 2 atom stereocenters. The van der Waals surface area contributed by atoms with Gasteiger partial charge in [-0.25, -0.2) is 0 Å². The summed E-state index contributed by atoms with van der Waals surface area (Å²) in [7, 11) is 0. The van der Waals surface area contributed by atoms with Crippen LogP contribution in [0.1, 0.15) is 48.9 Å². The second-order valence-corrected chi connectivity index (χ2v) is 7.01. The minimum Gasteiger partial charge on any atom is -0.335 e. The molecule has 0 N–H and O–H groups in total. The number of nitrogens with zero attached hydrogens (tertiary/aromatic N) is 1. The molecule has 0 spiro atoms. The minimum atomic E-state index is 0.245. The fourth-order valence-corrected chi connectivity index (χ4v) is 4.21. The number of piperidine rings is 1. The van der Waals surface area contributed by atoms with E-state index in [0.717, 1.165) is 21.6 Å². The fourth-order valence-electron chi connectivity index (χ4n) is 3.66. The molecule has 3 rings (SSSR count). The van der Waals surface area contributed by atoms with Gasteiger partial charge in [-0.1, -0.05) is 18.9 Å². The second kappa shape index (κ2) is 5.81. The average Bonchev–Trinajstić information content (AvgIpc) is 2.46. The Kier molecular flexibility index (Phi) is 4.10. The Hall–Kier alpha value is -0.580. The molecular weight excluding hydrogens is 349 g/mol. The summed E-state index contributed by atoms with van der Waals surface area (Å²) in [6, 6.07) is 8.49. The molecule has 1 saturated heterocycles. The van der Waals surface area contributed by atoms with Crippen LogP contribution in [0, 0.1) is 9.49 Å². The van der Waals surface area contributed by atoms with Gasteiger partial charge in [0.25, 0.3) is 5.91 Å². The summed E-state index contributed by atoms with van der Waals surface area (Å²) in [4.78, 5) is 14.9. The third-order valence-corrected chi connectivity index (χ3v) is 5.25. The van der Waals surface area contributed by atoms with E-state index in [2.05, 4.69) is 27.5 Å². The van der Waals surface area contributed by atoms with Crippen LogP contribution in [-0.4, -0.2) is 23.4 Å². The van der Waals surface area contributed by atoms with Gasteiger partial charge in [-0.2, -0.15) is 0 Å². The van der Waals surface area contributed by atoms with Gasteiger partial charge < -0.3 is 4.90 Å². The van der Waals surface area contributed by atoms with Crippen LogP contribution in [0.15, 0.2) is 24.3 Å². The first-order valence-electron chi connectivity index (χ1n) is 7.32. The lowest BCUT2D eigenvalue weighted by atomic mass is 9.78. The number of benzene rings is 1. The van der Waals surface area contributed by atoms with E-state index >= 15 is 0 Å². The Morgan fingerprint density at radius 2 is 1.95 bits per heavy atom. The topological polar surface area (TPSA) is 20.3 Å². The number of hydrogen-bond donors (Lipinski definition) is 0. The zero-order chi connectivity index (χ0) is 13.2. The molecule has 2 fully saturated rings. The first kappa shape index (κ1) is 13.4. The number of hydrogen-bond acceptors (Lipinski definition) is 1. The first-order chi connectivity index (χ1) is 9.25. The van der Waals surface area contributed by atoms with Crippen LogP contribution >= 0.6 is 22.6 Å². The van der Waals surface area contributed by atoms with Gasteiger partial charge in [0.15, 0.2) is 0 Å². The predicted molar refractivity (Wildman–Crippen MR) is 85.2 cm³/mol. The highest BCUT2D eigenvalue weighted by Gasteiger charge is 2.35. The van der Waals surface area contributed by atoms with Crippen molar-refractivity contribution in [2.75, 3.05) is 6.54 Å². The van der Waals surface area contributed by atoms with Gasteiger partial charge in [0.1, 0.15) is 0 Å². The van der Waals surface area contributed by atoms with E-state index in [1.807, 2.05) is 24.3 Å². The molecule has 1 heterocycles. The Morgan fingerprint density at radius 1 is 1.16 bits per heavy atom. The molecule has 1 aliphatic carbocycles. The number of amides is 1. The number of carbonyl (C=O) groups is 1. The van der Waals surface area contributed by atoms with Gasteiger partial charge in [-0.3, -0.25) is 4.79 Å². The van der Waals surface area contributed by atoms with Crippen molar-refractivity contribution < 1.29 is 4.79 Å². The number of rotatable bonds is 1. The third-order valence-electron chi connectivity index (χ3n) is 4.58. The minimum absolute atomic E-state index is 0.245. The van der Waals surface area contributed by atoms with Gasteiger partial charge in [-0.05, 0) is 72.4 Å². The molecule has 1 aromatic carbocycles. The summed E-state index contributed by atoms with van der Waals surface area (Å²) in [6.07, 6.45) is 7.67. The number of likely N-dealkylation sites (tertiary alicyclic amines) is 1. The molecular formula is C16H20INO. The molecule has 2 unspecified atom stereocenters. The average molecular weight is 369 g/mol. The second-order valence-electron chi connectivity index (χ2n) is 5.76. The van der Waals surface area contributed by atoms with Gasteiger partial charge in [0, 0.05) is 21.7 Å². The maximum absolute atomic E-state index is 12.7. The Morgan fingerprint density at radius 3 is 2.79 bits per heavy atom. The van der Waals surface area contributed by atoms with Gasteiger partial charge in [0.05, 0.1) is 0 Å². The Balaban J connectivity index is 1.82. The number of halogens is 1. The predicted octanol–water partition coefficient (Wildman–Crippen LogP) is 4.09. The smallest absolute Gasteiger partial charge is 0.254 e. The van der Waals surface area contributed by atoms with E-state index in [1.165, 1.54) is 38.5 Å². The maximum Gasteiger partial charge on any atom is 0.254 e. The van der Waals surface area contributed by atoms with Crippen LogP contribution in [0.4, 0.5) is 0 Å². The third kappa shape index (κ3) is 2.81. The number of fused-ring (bicyclic) bond motifs is 1. The molecule has 3 heteroatoms. The highest BCUT2D eigenvalue weighted by atomic mass is 127. The zero-order valence-corrected chi connectivity index (χ0v) is 13.3. The fraction of sp³-hybridized carbons (Fsp3) is 0.562. The monoisotopic (exact) mass is 369 g/mol. The standard InChI is InChI=1S/C16H20INO/c17-14-8-3-6-13(11-14)16(19)18-10-4-7-12-5-1-2-9-15(12)18/h3,6,8,11-12,15H,1-2,4-5,7,9-10H2. The van der Waals surface area contributed by atoms with Crippen LogP contribution < -0.4 is 0 Å².